The third kappa shape index (κ3) is 3.33. The Labute approximate surface area is 101 Å². The van der Waals surface area contributed by atoms with Crippen LogP contribution in [-0.4, -0.2) is 25.7 Å². The lowest BCUT2D eigenvalue weighted by Crippen LogP contribution is -2.40. The summed E-state index contributed by atoms with van der Waals surface area (Å²) in [6.45, 7) is 0.665. The maximum absolute atomic E-state index is 11.7. The minimum Gasteiger partial charge on any atom is -0.469 e. The van der Waals surface area contributed by atoms with Crippen molar-refractivity contribution in [1.29, 1.82) is 0 Å². The van der Waals surface area contributed by atoms with Gasteiger partial charge in [0.1, 0.15) is 5.76 Å². The highest BCUT2D eigenvalue weighted by Crippen LogP contribution is 2.19. The van der Waals surface area contributed by atoms with Crippen LogP contribution in [0.2, 0.25) is 0 Å². The van der Waals surface area contributed by atoms with Gasteiger partial charge in [-0.15, -0.1) is 0 Å². The Morgan fingerprint density at radius 1 is 1.65 bits per heavy atom. The average molecular weight is 237 g/mol. The predicted molar refractivity (Wildman–Crippen MR) is 63.6 cm³/mol. The monoisotopic (exact) mass is 237 g/mol. The largest absolute Gasteiger partial charge is 0.469 e. The van der Waals surface area contributed by atoms with Crippen LogP contribution < -0.4 is 5.32 Å². The zero-order valence-corrected chi connectivity index (χ0v) is 10.1. The first-order valence-corrected chi connectivity index (χ1v) is 6.13. The molecule has 0 aliphatic heterocycles. The summed E-state index contributed by atoms with van der Waals surface area (Å²) < 4.78 is 10.1. The Morgan fingerprint density at radius 2 is 2.47 bits per heavy atom. The Morgan fingerprint density at radius 3 is 3.00 bits per heavy atom. The fraction of sp³-hybridized carbons (Fsp3) is 0.615. The summed E-state index contributed by atoms with van der Waals surface area (Å²) in [5, 5.41) is 3.40. The van der Waals surface area contributed by atoms with Gasteiger partial charge in [0.2, 0.25) is 0 Å². The number of carbonyl (C=O) groups is 1. The van der Waals surface area contributed by atoms with E-state index in [2.05, 4.69) is 5.32 Å². The summed E-state index contributed by atoms with van der Waals surface area (Å²) in [6, 6.07) is 4.31. The molecule has 1 aromatic heterocycles. The maximum atomic E-state index is 11.7. The second-order valence-electron chi connectivity index (χ2n) is 4.54. The molecule has 0 spiro atoms. The summed E-state index contributed by atoms with van der Waals surface area (Å²) in [7, 11) is 1.43. The van der Waals surface area contributed by atoms with Crippen molar-refractivity contribution in [3.05, 3.63) is 24.2 Å². The molecule has 0 radical (unpaired) electrons. The van der Waals surface area contributed by atoms with Crippen LogP contribution in [0.5, 0.6) is 0 Å². The molecule has 17 heavy (non-hydrogen) atoms. The van der Waals surface area contributed by atoms with Crippen LogP contribution in [0, 0.1) is 5.92 Å². The van der Waals surface area contributed by atoms with Gasteiger partial charge in [-0.2, -0.15) is 0 Å². The van der Waals surface area contributed by atoms with Gasteiger partial charge in [-0.3, -0.25) is 4.79 Å². The van der Waals surface area contributed by atoms with Crippen molar-refractivity contribution in [3.8, 4) is 0 Å². The molecule has 1 heterocycles. The number of furan rings is 1. The topological polar surface area (TPSA) is 51.5 Å². The number of nitrogens with one attached hydrogen (secondary N) is 1. The van der Waals surface area contributed by atoms with E-state index in [9.17, 15) is 4.79 Å². The second kappa shape index (κ2) is 5.87. The molecule has 0 saturated heterocycles. The van der Waals surface area contributed by atoms with Crippen LogP contribution in [0.3, 0.4) is 0 Å². The van der Waals surface area contributed by atoms with Gasteiger partial charge in [0.25, 0.3) is 0 Å². The molecule has 1 N–H and O–H groups in total. The van der Waals surface area contributed by atoms with E-state index in [0.717, 1.165) is 5.76 Å². The summed E-state index contributed by atoms with van der Waals surface area (Å²) in [5.74, 6) is 0.496. The number of esters is 1. The third-order valence-electron chi connectivity index (χ3n) is 3.32. The van der Waals surface area contributed by atoms with Crippen LogP contribution in [0.15, 0.2) is 22.8 Å². The van der Waals surface area contributed by atoms with Crippen LogP contribution in [0.1, 0.15) is 25.0 Å². The SMILES string of the molecule is COC(=O)C(CNC1CCC1)Cc1ccco1. The fourth-order valence-electron chi connectivity index (χ4n) is 2.00. The summed E-state index contributed by atoms with van der Waals surface area (Å²) in [5.41, 5.74) is 0. The summed E-state index contributed by atoms with van der Waals surface area (Å²) in [6.07, 6.45) is 5.95. The molecule has 1 atom stereocenters. The molecule has 94 valence electrons. The van der Waals surface area contributed by atoms with E-state index in [0.29, 0.717) is 19.0 Å². The first-order chi connectivity index (χ1) is 8.29. The lowest BCUT2D eigenvalue weighted by Gasteiger charge is -2.28. The zero-order valence-electron chi connectivity index (χ0n) is 10.1. The first kappa shape index (κ1) is 12.2. The van der Waals surface area contributed by atoms with Crippen molar-refractivity contribution >= 4 is 5.97 Å². The van der Waals surface area contributed by atoms with E-state index in [4.69, 9.17) is 9.15 Å². The Balaban J connectivity index is 1.85. The fourth-order valence-corrected chi connectivity index (χ4v) is 2.00. The molecule has 1 aliphatic carbocycles. The van der Waals surface area contributed by atoms with Crippen LogP contribution in [0.4, 0.5) is 0 Å². The van der Waals surface area contributed by atoms with Gasteiger partial charge >= 0.3 is 5.97 Å². The number of hydrogen-bond donors (Lipinski definition) is 1. The standard InChI is InChI=1S/C13H19NO3/c1-16-13(15)10(8-12-6-3-7-17-12)9-14-11-4-2-5-11/h3,6-7,10-11,14H,2,4-5,8-9H2,1H3. The molecule has 1 aromatic rings. The van der Waals surface area contributed by atoms with Crippen molar-refractivity contribution in [2.24, 2.45) is 5.92 Å². The van der Waals surface area contributed by atoms with Crippen molar-refractivity contribution in [3.63, 3.8) is 0 Å². The van der Waals surface area contributed by atoms with Crippen LogP contribution in [-0.2, 0) is 16.0 Å². The predicted octanol–water partition coefficient (Wildman–Crippen LogP) is 1.75. The smallest absolute Gasteiger partial charge is 0.310 e. The molecule has 1 saturated carbocycles. The number of carbonyl (C=O) groups excluding carboxylic acids is 1. The highest BCUT2D eigenvalue weighted by molar-refractivity contribution is 5.72. The molecular formula is C13H19NO3. The van der Waals surface area contributed by atoms with Gasteiger partial charge in [0.15, 0.2) is 0 Å². The van der Waals surface area contributed by atoms with Gasteiger partial charge in [0.05, 0.1) is 19.3 Å². The maximum Gasteiger partial charge on any atom is 0.310 e. The molecule has 0 bridgehead atoms. The molecule has 1 aliphatic rings. The van der Waals surface area contributed by atoms with E-state index >= 15 is 0 Å². The molecule has 4 heteroatoms. The molecule has 0 aromatic carbocycles. The van der Waals surface area contributed by atoms with Crippen molar-refractivity contribution in [1.82, 2.24) is 5.32 Å². The van der Waals surface area contributed by atoms with E-state index in [1.807, 2.05) is 12.1 Å². The third-order valence-corrected chi connectivity index (χ3v) is 3.32. The quantitative estimate of drug-likeness (QED) is 0.766. The van der Waals surface area contributed by atoms with E-state index < -0.39 is 0 Å². The van der Waals surface area contributed by atoms with Crippen molar-refractivity contribution in [2.75, 3.05) is 13.7 Å². The second-order valence-corrected chi connectivity index (χ2v) is 4.54. The molecule has 1 unspecified atom stereocenters. The lowest BCUT2D eigenvalue weighted by atomic mass is 9.92. The molecule has 2 rings (SSSR count). The first-order valence-electron chi connectivity index (χ1n) is 6.13. The number of ether oxygens (including phenoxy) is 1. The van der Waals surface area contributed by atoms with E-state index in [1.165, 1.54) is 26.4 Å². The van der Waals surface area contributed by atoms with Gasteiger partial charge in [-0.05, 0) is 25.0 Å². The van der Waals surface area contributed by atoms with Gasteiger partial charge in [-0.25, -0.2) is 0 Å². The average Bonchev–Trinajstić information content (AvgIpc) is 2.77. The molecule has 4 nitrogen and oxygen atoms in total. The van der Waals surface area contributed by atoms with Gasteiger partial charge in [0, 0.05) is 19.0 Å². The highest BCUT2D eigenvalue weighted by Gasteiger charge is 2.24. The van der Waals surface area contributed by atoms with E-state index in [1.54, 1.807) is 6.26 Å². The van der Waals surface area contributed by atoms with E-state index in [-0.39, 0.29) is 11.9 Å². The molecular weight excluding hydrogens is 218 g/mol. The van der Waals surface area contributed by atoms with Crippen LogP contribution >= 0.6 is 0 Å². The Kier molecular flexibility index (Phi) is 4.20. The van der Waals surface area contributed by atoms with Crippen molar-refractivity contribution in [2.45, 2.75) is 31.7 Å². The van der Waals surface area contributed by atoms with Gasteiger partial charge < -0.3 is 14.5 Å². The minimum absolute atomic E-state index is 0.160. The van der Waals surface area contributed by atoms with Gasteiger partial charge in [-0.1, -0.05) is 6.42 Å². The summed E-state index contributed by atoms with van der Waals surface area (Å²) >= 11 is 0. The lowest BCUT2D eigenvalue weighted by molar-refractivity contribution is -0.145. The molecule has 0 amide bonds. The summed E-state index contributed by atoms with van der Waals surface area (Å²) in [4.78, 5) is 11.7. The van der Waals surface area contributed by atoms with Crippen molar-refractivity contribution < 1.29 is 13.9 Å². The highest BCUT2D eigenvalue weighted by atomic mass is 16.5. The number of methoxy groups -OCH3 is 1. The number of rotatable bonds is 6. The number of hydrogen-bond acceptors (Lipinski definition) is 4. The normalized spacial score (nSPS) is 17.5. The van der Waals surface area contributed by atoms with Crippen LogP contribution in [0.25, 0.3) is 0 Å². The molecule has 1 fully saturated rings. The minimum atomic E-state index is -0.173. The Bertz CT molecular complexity index is 344. The Hall–Kier alpha value is -1.29. The zero-order chi connectivity index (χ0) is 12.1.